The highest BCUT2D eigenvalue weighted by Crippen LogP contribution is 2.36. The number of fused-ring (bicyclic) bond motifs is 3. The first kappa shape index (κ1) is 25.8. The molecule has 44 heavy (non-hydrogen) atoms. The Balaban J connectivity index is 1.30. The van der Waals surface area contributed by atoms with Crippen molar-refractivity contribution in [3.8, 4) is 56.0 Å². The van der Waals surface area contributed by atoms with Crippen LogP contribution < -0.4 is 0 Å². The summed E-state index contributed by atoms with van der Waals surface area (Å²) in [5.41, 5.74) is 11.7. The molecule has 0 aliphatic heterocycles. The summed E-state index contributed by atoms with van der Waals surface area (Å²) in [7, 11) is 0. The van der Waals surface area contributed by atoms with Crippen LogP contribution in [0.1, 0.15) is 0 Å². The van der Waals surface area contributed by atoms with E-state index in [1.807, 2.05) is 12.1 Å². The van der Waals surface area contributed by atoms with Crippen LogP contribution in [0.25, 0.3) is 77.7 Å². The third-order valence-electron chi connectivity index (χ3n) is 8.29. The van der Waals surface area contributed by atoms with E-state index in [9.17, 15) is 0 Å². The Hall–Kier alpha value is -5.86. The van der Waals surface area contributed by atoms with Crippen molar-refractivity contribution in [3.05, 3.63) is 170 Å². The Morgan fingerprint density at radius 3 is 1.32 bits per heavy atom. The van der Waals surface area contributed by atoms with E-state index in [1.54, 1.807) is 0 Å². The van der Waals surface area contributed by atoms with Crippen LogP contribution in [0, 0.1) is 0 Å². The molecule has 0 amide bonds. The first-order valence-electron chi connectivity index (χ1n) is 14.9. The fourth-order valence-corrected chi connectivity index (χ4v) is 6.02. The molecule has 0 spiro atoms. The Labute approximate surface area is 257 Å². The van der Waals surface area contributed by atoms with E-state index in [-0.39, 0.29) is 0 Å². The van der Waals surface area contributed by atoms with Crippen molar-refractivity contribution in [2.75, 3.05) is 0 Å². The Bertz CT molecular complexity index is 2140. The van der Waals surface area contributed by atoms with Crippen LogP contribution in [0.15, 0.2) is 170 Å². The minimum atomic E-state index is 0.860. The zero-order valence-electron chi connectivity index (χ0n) is 24.1. The lowest BCUT2D eigenvalue weighted by Crippen LogP contribution is -1.95. The van der Waals surface area contributed by atoms with Gasteiger partial charge in [0, 0.05) is 16.3 Å². The van der Waals surface area contributed by atoms with Crippen molar-refractivity contribution in [2.45, 2.75) is 0 Å². The van der Waals surface area contributed by atoms with Crippen LogP contribution in [0.5, 0.6) is 0 Å². The molecule has 0 bridgehead atoms. The highest BCUT2D eigenvalue weighted by molar-refractivity contribution is 6.10. The molecule has 0 unspecified atom stereocenters. The van der Waals surface area contributed by atoms with Gasteiger partial charge in [0.1, 0.15) is 0 Å². The molecule has 2 nitrogen and oxygen atoms in total. The Morgan fingerprint density at radius 1 is 0.273 bits per heavy atom. The molecule has 0 atom stereocenters. The molecule has 8 aromatic rings. The number of nitrogens with zero attached hydrogens (tertiary/aromatic N) is 2. The first-order chi connectivity index (χ1) is 21.8. The molecule has 2 heteroatoms. The summed E-state index contributed by atoms with van der Waals surface area (Å²) in [5.74, 6) is 0. The number of benzene rings is 6. The van der Waals surface area contributed by atoms with E-state index in [2.05, 4.69) is 158 Å². The SMILES string of the molecule is c1ccc(-c2ccc(-c3cc(-c4ccc(-c5ccccc5)cc4)nc(-c4nc5ccccc5c5ccccc45)c3)cc2)cc1. The highest BCUT2D eigenvalue weighted by atomic mass is 14.8. The summed E-state index contributed by atoms with van der Waals surface area (Å²) < 4.78 is 0. The zero-order valence-corrected chi connectivity index (χ0v) is 24.1. The third kappa shape index (κ3) is 4.83. The summed E-state index contributed by atoms with van der Waals surface area (Å²) in [6, 6.07) is 59.7. The normalized spacial score (nSPS) is 11.2. The van der Waals surface area contributed by atoms with Gasteiger partial charge in [-0.15, -0.1) is 0 Å². The quantitative estimate of drug-likeness (QED) is 0.196. The molecule has 0 saturated carbocycles. The Kier molecular flexibility index (Phi) is 6.51. The maximum atomic E-state index is 5.26. The number of aromatic nitrogens is 2. The van der Waals surface area contributed by atoms with Crippen LogP contribution in [0.2, 0.25) is 0 Å². The van der Waals surface area contributed by atoms with Crippen molar-refractivity contribution in [1.29, 1.82) is 0 Å². The summed E-state index contributed by atoms with van der Waals surface area (Å²) in [5, 5.41) is 3.43. The zero-order chi connectivity index (χ0) is 29.3. The lowest BCUT2D eigenvalue weighted by molar-refractivity contribution is 1.29. The Morgan fingerprint density at radius 2 is 0.705 bits per heavy atom. The molecule has 0 radical (unpaired) electrons. The second kappa shape index (κ2) is 11.1. The monoisotopic (exact) mass is 560 g/mol. The van der Waals surface area contributed by atoms with Gasteiger partial charge in [-0.1, -0.05) is 152 Å². The number of hydrogen-bond acceptors (Lipinski definition) is 2. The molecule has 0 N–H and O–H groups in total. The summed E-state index contributed by atoms with van der Waals surface area (Å²) >= 11 is 0. The van der Waals surface area contributed by atoms with Crippen molar-refractivity contribution in [1.82, 2.24) is 9.97 Å². The predicted octanol–water partition coefficient (Wildman–Crippen LogP) is 11.1. The van der Waals surface area contributed by atoms with Gasteiger partial charge < -0.3 is 0 Å². The van der Waals surface area contributed by atoms with Gasteiger partial charge in [-0.25, -0.2) is 9.97 Å². The predicted molar refractivity (Wildman–Crippen MR) is 184 cm³/mol. The molecule has 6 aromatic carbocycles. The molecular formula is C42H28N2. The molecular weight excluding hydrogens is 532 g/mol. The molecule has 0 saturated heterocycles. The summed E-state index contributed by atoms with van der Waals surface area (Å²) in [6.45, 7) is 0. The van der Waals surface area contributed by atoms with Gasteiger partial charge in [0.15, 0.2) is 0 Å². The average molecular weight is 561 g/mol. The van der Waals surface area contributed by atoms with Crippen LogP contribution in [0.4, 0.5) is 0 Å². The van der Waals surface area contributed by atoms with E-state index in [0.29, 0.717) is 0 Å². The van der Waals surface area contributed by atoms with Crippen LogP contribution in [0.3, 0.4) is 0 Å². The van der Waals surface area contributed by atoms with Gasteiger partial charge in [0.05, 0.1) is 22.6 Å². The van der Waals surface area contributed by atoms with Gasteiger partial charge in [-0.2, -0.15) is 0 Å². The fourth-order valence-electron chi connectivity index (χ4n) is 6.02. The number of pyridine rings is 2. The summed E-state index contributed by atoms with van der Waals surface area (Å²) in [6.07, 6.45) is 0. The lowest BCUT2D eigenvalue weighted by Gasteiger charge is -2.14. The average Bonchev–Trinajstić information content (AvgIpc) is 3.12. The van der Waals surface area contributed by atoms with Crippen molar-refractivity contribution in [3.63, 3.8) is 0 Å². The van der Waals surface area contributed by atoms with Gasteiger partial charge in [0.2, 0.25) is 0 Å². The second-order valence-corrected chi connectivity index (χ2v) is 11.0. The fraction of sp³-hybridized carbons (Fsp3) is 0. The highest BCUT2D eigenvalue weighted by Gasteiger charge is 2.15. The van der Waals surface area contributed by atoms with E-state index in [4.69, 9.17) is 9.97 Å². The molecule has 0 aliphatic carbocycles. The first-order valence-corrected chi connectivity index (χ1v) is 14.9. The van der Waals surface area contributed by atoms with Crippen LogP contribution in [-0.2, 0) is 0 Å². The van der Waals surface area contributed by atoms with Crippen LogP contribution >= 0.6 is 0 Å². The van der Waals surface area contributed by atoms with Crippen molar-refractivity contribution in [2.24, 2.45) is 0 Å². The number of rotatable bonds is 5. The van der Waals surface area contributed by atoms with Gasteiger partial charge in [-0.3, -0.25) is 0 Å². The molecule has 2 aromatic heterocycles. The molecule has 2 heterocycles. The van der Waals surface area contributed by atoms with E-state index >= 15 is 0 Å². The minimum absolute atomic E-state index is 0.860. The largest absolute Gasteiger partial charge is 0.246 e. The number of hydrogen-bond donors (Lipinski definition) is 0. The van der Waals surface area contributed by atoms with Gasteiger partial charge in [-0.05, 0) is 57.0 Å². The maximum absolute atomic E-state index is 5.26. The summed E-state index contributed by atoms with van der Waals surface area (Å²) in [4.78, 5) is 10.4. The van der Waals surface area contributed by atoms with Gasteiger partial charge in [0.25, 0.3) is 0 Å². The number of para-hydroxylation sites is 1. The smallest absolute Gasteiger partial charge is 0.0972 e. The van der Waals surface area contributed by atoms with E-state index in [0.717, 1.165) is 50.1 Å². The molecule has 0 fully saturated rings. The minimum Gasteiger partial charge on any atom is -0.246 e. The lowest BCUT2D eigenvalue weighted by atomic mass is 9.96. The molecule has 8 rings (SSSR count). The van der Waals surface area contributed by atoms with Gasteiger partial charge >= 0.3 is 0 Å². The van der Waals surface area contributed by atoms with E-state index in [1.165, 1.54) is 27.6 Å². The van der Waals surface area contributed by atoms with Crippen LogP contribution in [-0.4, -0.2) is 9.97 Å². The maximum Gasteiger partial charge on any atom is 0.0972 e. The van der Waals surface area contributed by atoms with Crippen molar-refractivity contribution < 1.29 is 0 Å². The molecule has 0 aliphatic rings. The third-order valence-corrected chi connectivity index (χ3v) is 8.29. The van der Waals surface area contributed by atoms with E-state index < -0.39 is 0 Å². The van der Waals surface area contributed by atoms with Crippen molar-refractivity contribution >= 4 is 21.7 Å². The standard InChI is InChI=1S/C42H28N2/c1-3-11-29(12-4-1)31-19-21-33(22-20-31)35-27-40(34-25-23-32(24-26-34)30-13-5-2-6-14-30)43-41(28-35)42-38-17-8-7-15-36(38)37-16-9-10-18-39(37)44-42/h1-28H. The topological polar surface area (TPSA) is 25.8 Å². The molecule has 206 valence electrons. The second-order valence-electron chi connectivity index (χ2n) is 11.0.